The number of methoxy groups -OCH3 is 1. The molecule has 1 N–H and O–H groups in total. The fourth-order valence-electron chi connectivity index (χ4n) is 3.83. The fraction of sp³-hybridized carbons (Fsp3) is 0.455. The van der Waals surface area contributed by atoms with Crippen molar-refractivity contribution in [2.75, 3.05) is 26.8 Å². The second-order valence-corrected chi connectivity index (χ2v) is 7.67. The van der Waals surface area contributed by atoms with Gasteiger partial charge in [-0.05, 0) is 67.4 Å². The van der Waals surface area contributed by atoms with Crippen LogP contribution >= 0.6 is 0 Å². The van der Waals surface area contributed by atoms with E-state index in [1.165, 1.54) is 0 Å². The lowest BCUT2D eigenvalue weighted by Crippen LogP contribution is -2.43. The Bertz CT molecular complexity index is 839. The van der Waals surface area contributed by atoms with Crippen molar-refractivity contribution in [3.63, 3.8) is 0 Å². The molecule has 9 heteroatoms. The predicted octanol–water partition coefficient (Wildman–Crippen LogP) is 5.57. The van der Waals surface area contributed by atoms with Crippen molar-refractivity contribution in [1.82, 2.24) is 5.32 Å². The fourth-order valence-corrected chi connectivity index (χ4v) is 3.83. The lowest BCUT2D eigenvalue weighted by atomic mass is 9.74. The largest absolute Gasteiger partial charge is 0.497 e. The normalized spacial score (nSPS) is 16.9. The average Bonchev–Trinajstić information content (AvgIpc) is 2.73. The Morgan fingerprint density at radius 1 is 0.871 bits per heavy atom. The van der Waals surface area contributed by atoms with Crippen molar-refractivity contribution >= 4 is 0 Å². The molecule has 0 saturated carbocycles. The average molecular weight is 447 g/mol. The molecule has 0 spiro atoms. The molecule has 3 rings (SSSR count). The Labute approximate surface area is 176 Å². The van der Waals surface area contributed by atoms with Gasteiger partial charge in [0, 0.05) is 5.41 Å². The maximum absolute atomic E-state index is 13.1. The molecule has 3 nitrogen and oxygen atoms in total. The van der Waals surface area contributed by atoms with Crippen molar-refractivity contribution in [2.24, 2.45) is 0 Å². The van der Waals surface area contributed by atoms with E-state index in [2.05, 4.69) is 5.32 Å². The number of halogens is 6. The molecule has 0 aliphatic carbocycles. The van der Waals surface area contributed by atoms with Gasteiger partial charge in [0.05, 0.1) is 31.5 Å². The summed E-state index contributed by atoms with van der Waals surface area (Å²) in [6.45, 7) is 1.30. The predicted molar refractivity (Wildman–Crippen MR) is 103 cm³/mol. The van der Waals surface area contributed by atoms with E-state index in [-0.39, 0.29) is 30.3 Å². The minimum atomic E-state index is -4.88. The van der Waals surface area contributed by atoms with Crippen LogP contribution in [0.25, 0.3) is 0 Å². The first kappa shape index (κ1) is 23.4. The number of rotatable bonds is 6. The van der Waals surface area contributed by atoms with Gasteiger partial charge in [-0.3, -0.25) is 0 Å². The van der Waals surface area contributed by atoms with Crippen LogP contribution < -0.4 is 10.1 Å². The van der Waals surface area contributed by atoms with Gasteiger partial charge in [-0.15, -0.1) is 0 Å². The summed E-state index contributed by atoms with van der Waals surface area (Å²) in [5.74, 6) is 0.692. The van der Waals surface area contributed by atoms with Crippen molar-refractivity contribution in [3.8, 4) is 5.75 Å². The summed E-state index contributed by atoms with van der Waals surface area (Å²) < 4.78 is 89.3. The molecule has 0 bridgehead atoms. The molecule has 0 unspecified atom stereocenters. The van der Waals surface area contributed by atoms with Crippen LogP contribution in [-0.2, 0) is 29.1 Å². The molecule has 2 aromatic carbocycles. The van der Waals surface area contributed by atoms with Gasteiger partial charge < -0.3 is 14.8 Å². The van der Waals surface area contributed by atoms with Crippen LogP contribution in [0.4, 0.5) is 26.3 Å². The molecule has 0 aromatic heterocycles. The number of ether oxygens (including phenoxy) is 2. The number of alkyl halides is 6. The zero-order valence-corrected chi connectivity index (χ0v) is 16.9. The SMILES string of the molecule is COc1ccc(C2(COCc3cc(C(F)(F)F)cc(C(F)(F)F)c3)CCNCC2)cc1. The first-order valence-corrected chi connectivity index (χ1v) is 9.75. The summed E-state index contributed by atoms with van der Waals surface area (Å²) in [7, 11) is 1.56. The zero-order valence-electron chi connectivity index (χ0n) is 16.9. The molecular weight excluding hydrogens is 424 g/mol. The highest BCUT2D eigenvalue weighted by molar-refractivity contribution is 5.34. The van der Waals surface area contributed by atoms with E-state index < -0.39 is 23.5 Å². The molecular formula is C22H23F6NO2. The van der Waals surface area contributed by atoms with Crippen LogP contribution in [0.3, 0.4) is 0 Å². The lowest BCUT2D eigenvalue weighted by molar-refractivity contribution is -0.143. The zero-order chi connectivity index (χ0) is 22.7. The second kappa shape index (κ2) is 9.08. The summed E-state index contributed by atoms with van der Waals surface area (Å²) in [6, 6.07) is 9.01. The van der Waals surface area contributed by atoms with Gasteiger partial charge in [0.25, 0.3) is 0 Å². The van der Waals surface area contributed by atoms with Crippen LogP contribution in [0.15, 0.2) is 42.5 Å². The third-order valence-corrected chi connectivity index (χ3v) is 5.56. The maximum Gasteiger partial charge on any atom is 0.416 e. The number of hydrogen-bond donors (Lipinski definition) is 1. The van der Waals surface area contributed by atoms with Gasteiger partial charge in [0.2, 0.25) is 0 Å². The molecule has 0 amide bonds. The third-order valence-electron chi connectivity index (χ3n) is 5.56. The standard InChI is InChI=1S/C22H23F6NO2/c1-30-19-4-2-16(3-5-19)20(6-8-29-9-7-20)14-31-13-15-10-17(21(23,24)25)12-18(11-15)22(26,27)28/h2-5,10-12,29H,6-9,13-14H2,1H3. The number of piperidine rings is 1. The van der Waals surface area contributed by atoms with E-state index in [0.717, 1.165) is 31.5 Å². The van der Waals surface area contributed by atoms with Crippen molar-refractivity contribution < 1.29 is 35.8 Å². The van der Waals surface area contributed by atoms with Crippen LogP contribution in [0.2, 0.25) is 0 Å². The summed E-state index contributed by atoms with van der Waals surface area (Å²) in [5.41, 5.74) is -2.23. The summed E-state index contributed by atoms with van der Waals surface area (Å²) >= 11 is 0. The Morgan fingerprint density at radius 2 is 1.42 bits per heavy atom. The molecule has 1 fully saturated rings. The van der Waals surface area contributed by atoms with Gasteiger partial charge in [-0.1, -0.05) is 12.1 Å². The van der Waals surface area contributed by atoms with E-state index in [9.17, 15) is 26.3 Å². The van der Waals surface area contributed by atoms with Crippen LogP contribution in [-0.4, -0.2) is 26.8 Å². The van der Waals surface area contributed by atoms with Crippen molar-refractivity contribution in [1.29, 1.82) is 0 Å². The van der Waals surface area contributed by atoms with E-state index in [1.54, 1.807) is 7.11 Å². The van der Waals surface area contributed by atoms with Gasteiger partial charge in [0.1, 0.15) is 5.75 Å². The summed E-state index contributed by atoms with van der Waals surface area (Å²) in [6.07, 6.45) is -8.30. The first-order chi connectivity index (χ1) is 14.5. The van der Waals surface area contributed by atoms with E-state index in [4.69, 9.17) is 9.47 Å². The molecule has 31 heavy (non-hydrogen) atoms. The van der Waals surface area contributed by atoms with Crippen molar-refractivity contribution in [3.05, 3.63) is 64.7 Å². The second-order valence-electron chi connectivity index (χ2n) is 7.67. The van der Waals surface area contributed by atoms with E-state index in [0.29, 0.717) is 17.9 Å². The third kappa shape index (κ3) is 5.71. The van der Waals surface area contributed by atoms with E-state index in [1.807, 2.05) is 24.3 Å². The molecule has 2 aromatic rings. The lowest BCUT2D eigenvalue weighted by Gasteiger charge is -2.38. The first-order valence-electron chi connectivity index (χ1n) is 9.75. The monoisotopic (exact) mass is 447 g/mol. The highest BCUT2D eigenvalue weighted by atomic mass is 19.4. The highest BCUT2D eigenvalue weighted by Crippen LogP contribution is 2.38. The topological polar surface area (TPSA) is 30.5 Å². The van der Waals surface area contributed by atoms with Crippen LogP contribution in [0, 0.1) is 0 Å². The Morgan fingerprint density at radius 3 is 1.90 bits per heavy atom. The van der Waals surface area contributed by atoms with Gasteiger partial charge in [-0.25, -0.2) is 0 Å². The minimum Gasteiger partial charge on any atom is -0.497 e. The van der Waals surface area contributed by atoms with Crippen LogP contribution in [0.5, 0.6) is 5.75 Å². The Hall–Kier alpha value is -2.26. The number of benzene rings is 2. The molecule has 1 heterocycles. The molecule has 1 saturated heterocycles. The number of hydrogen-bond acceptors (Lipinski definition) is 3. The van der Waals surface area contributed by atoms with Gasteiger partial charge in [0.15, 0.2) is 0 Å². The van der Waals surface area contributed by atoms with Gasteiger partial charge in [-0.2, -0.15) is 26.3 Å². The maximum atomic E-state index is 13.1. The minimum absolute atomic E-state index is 0.120. The summed E-state index contributed by atoms with van der Waals surface area (Å²) in [5, 5.41) is 3.26. The molecule has 170 valence electrons. The summed E-state index contributed by atoms with van der Waals surface area (Å²) in [4.78, 5) is 0. The Kier molecular flexibility index (Phi) is 6.85. The highest BCUT2D eigenvalue weighted by Gasteiger charge is 2.37. The number of nitrogens with one attached hydrogen (secondary N) is 1. The van der Waals surface area contributed by atoms with Crippen LogP contribution in [0.1, 0.15) is 35.1 Å². The Balaban J connectivity index is 1.80. The molecule has 1 aliphatic heterocycles. The molecule has 1 aliphatic rings. The van der Waals surface area contributed by atoms with E-state index >= 15 is 0 Å². The quantitative estimate of drug-likeness (QED) is 0.588. The van der Waals surface area contributed by atoms with Gasteiger partial charge >= 0.3 is 12.4 Å². The molecule has 0 radical (unpaired) electrons. The molecule has 0 atom stereocenters. The smallest absolute Gasteiger partial charge is 0.416 e. The van der Waals surface area contributed by atoms with Crippen molar-refractivity contribution in [2.45, 2.75) is 37.2 Å².